The number of hydrogen-bond donors (Lipinski definition) is 2. The van der Waals surface area contributed by atoms with Gasteiger partial charge in [-0.25, -0.2) is 0 Å². The van der Waals surface area contributed by atoms with E-state index in [1.54, 1.807) is 14.2 Å². The van der Waals surface area contributed by atoms with Gasteiger partial charge in [0.1, 0.15) is 11.5 Å². The third kappa shape index (κ3) is 2.34. The average molecular weight is 312 g/mol. The highest BCUT2D eigenvalue weighted by molar-refractivity contribution is 9.10. The summed E-state index contributed by atoms with van der Waals surface area (Å²) in [4.78, 5) is 0. The molecular formula is C12H14BrN3O2. The first-order valence-electron chi connectivity index (χ1n) is 5.35. The lowest BCUT2D eigenvalue weighted by atomic mass is 10.1. The molecule has 0 saturated carbocycles. The van der Waals surface area contributed by atoms with E-state index in [4.69, 9.17) is 15.2 Å². The van der Waals surface area contributed by atoms with Crippen molar-refractivity contribution in [1.82, 2.24) is 10.2 Å². The molecule has 96 valence electrons. The van der Waals surface area contributed by atoms with E-state index in [-0.39, 0.29) is 0 Å². The standard InChI is InChI=1S/C12H14BrN3O2/c1-17-11-5-9(13)12(18-2)4-8(11)10-3-7(6-14)15-16-10/h3-5H,6,14H2,1-2H3,(H,15,16). The van der Waals surface area contributed by atoms with Crippen LogP contribution < -0.4 is 15.2 Å². The number of nitrogens with one attached hydrogen (secondary N) is 1. The van der Waals surface area contributed by atoms with Gasteiger partial charge >= 0.3 is 0 Å². The molecule has 0 saturated heterocycles. The van der Waals surface area contributed by atoms with Crippen LogP contribution in [0.3, 0.4) is 0 Å². The molecule has 0 unspecified atom stereocenters. The molecule has 0 spiro atoms. The van der Waals surface area contributed by atoms with E-state index in [0.717, 1.165) is 32.9 Å². The van der Waals surface area contributed by atoms with E-state index in [2.05, 4.69) is 26.1 Å². The molecule has 5 nitrogen and oxygen atoms in total. The molecule has 0 aliphatic heterocycles. The van der Waals surface area contributed by atoms with Crippen LogP contribution in [0.5, 0.6) is 11.5 Å². The Morgan fingerprint density at radius 2 is 1.94 bits per heavy atom. The molecule has 0 fully saturated rings. The minimum atomic E-state index is 0.420. The van der Waals surface area contributed by atoms with E-state index in [0.29, 0.717) is 6.54 Å². The smallest absolute Gasteiger partial charge is 0.133 e. The Kier molecular flexibility index (Phi) is 3.88. The molecule has 18 heavy (non-hydrogen) atoms. The first-order chi connectivity index (χ1) is 8.69. The minimum absolute atomic E-state index is 0.420. The van der Waals surface area contributed by atoms with Gasteiger partial charge in [-0.05, 0) is 34.1 Å². The zero-order chi connectivity index (χ0) is 13.1. The summed E-state index contributed by atoms with van der Waals surface area (Å²) < 4.78 is 11.5. The number of hydrogen-bond acceptors (Lipinski definition) is 4. The molecule has 3 N–H and O–H groups in total. The van der Waals surface area contributed by atoms with E-state index < -0.39 is 0 Å². The Morgan fingerprint density at radius 3 is 2.50 bits per heavy atom. The Balaban J connectivity index is 2.54. The summed E-state index contributed by atoms with van der Waals surface area (Å²) in [5.41, 5.74) is 8.06. The Hall–Kier alpha value is -1.53. The summed E-state index contributed by atoms with van der Waals surface area (Å²) in [7, 11) is 3.24. The van der Waals surface area contributed by atoms with Gasteiger partial charge in [0.05, 0.1) is 24.4 Å². The van der Waals surface area contributed by atoms with Gasteiger partial charge in [0.2, 0.25) is 0 Å². The number of nitrogens with two attached hydrogens (primary N) is 1. The second kappa shape index (κ2) is 5.41. The summed E-state index contributed by atoms with van der Waals surface area (Å²) in [6, 6.07) is 5.62. The highest BCUT2D eigenvalue weighted by atomic mass is 79.9. The summed E-state index contributed by atoms with van der Waals surface area (Å²) in [6.45, 7) is 0.420. The van der Waals surface area contributed by atoms with Crippen molar-refractivity contribution in [2.24, 2.45) is 5.73 Å². The molecule has 2 rings (SSSR count). The number of aromatic amines is 1. The average Bonchev–Trinajstić information content (AvgIpc) is 2.87. The largest absolute Gasteiger partial charge is 0.496 e. The maximum Gasteiger partial charge on any atom is 0.133 e. The number of rotatable bonds is 4. The first kappa shape index (κ1) is 12.9. The molecule has 0 radical (unpaired) electrons. The van der Waals surface area contributed by atoms with Gasteiger partial charge < -0.3 is 15.2 Å². The minimum Gasteiger partial charge on any atom is -0.496 e. The van der Waals surface area contributed by atoms with Gasteiger partial charge in [-0.2, -0.15) is 5.10 Å². The number of benzene rings is 1. The van der Waals surface area contributed by atoms with E-state index >= 15 is 0 Å². The summed E-state index contributed by atoms with van der Waals surface area (Å²) in [5.74, 6) is 1.45. The zero-order valence-corrected chi connectivity index (χ0v) is 11.7. The number of nitrogens with zero attached hydrogens (tertiary/aromatic N) is 1. The Morgan fingerprint density at radius 1 is 1.22 bits per heavy atom. The zero-order valence-electron chi connectivity index (χ0n) is 10.2. The van der Waals surface area contributed by atoms with Crippen LogP contribution in [-0.2, 0) is 6.54 Å². The number of halogens is 1. The second-order valence-electron chi connectivity index (χ2n) is 3.67. The van der Waals surface area contributed by atoms with Crippen LogP contribution in [0.4, 0.5) is 0 Å². The van der Waals surface area contributed by atoms with Gasteiger partial charge in [0, 0.05) is 17.8 Å². The lowest BCUT2D eigenvalue weighted by Crippen LogP contribution is -1.95. The van der Waals surface area contributed by atoms with Crippen LogP contribution >= 0.6 is 15.9 Å². The third-order valence-electron chi connectivity index (χ3n) is 2.60. The maximum atomic E-state index is 5.56. The molecule has 0 atom stereocenters. The molecule has 0 aliphatic rings. The number of aromatic nitrogens is 2. The van der Waals surface area contributed by atoms with E-state index in [9.17, 15) is 0 Å². The van der Waals surface area contributed by atoms with Crippen LogP contribution in [0, 0.1) is 0 Å². The first-order valence-corrected chi connectivity index (χ1v) is 6.15. The quantitative estimate of drug-likeness (QED) is 0.908. The molecule has 0 bridgehead atoms. The van der Waals surface area contributed by atoms with Crippen LogP contribution in [0.15, 0.2) is 22.7 Å². The molecule has 1 aromatic carbocycles. The van der Waals surface area contributed by atoms with Gasteiger partial charge in [0.15, 0.2) is 0 Å². The monoisotopic (exact) mass is 311 g/mol. The summed E-state index contributed by atoms with van der Waals surface area (Å²) in [5, 5.41) is 7.09. The fourth-order valence-electron chi connectivity index (χ4n) is 1.66. The number of methoxy groups -OCH3 is 2. The van der Waals surface area contributed by atoms with Crippen LogP contribution in [-0.4, -0.2) is 24.4 Å². The lowest BCUT2D eigenvalue weighted by Gasteiger charge is -2.10. The van der Waals surface area contributed by atoms with E-state index in [1.165, 1.54) is 0 Å². The molecule has 6 heteroatoms. The van der Waals surface area contributed by atoms with Crippen LogP contribution in [0.2, 0.25) is 0 Å². The Labute approximate surface area is 113 Å². The molecule has 2 aromatic rings. The third-order valence-corrected chi connectivity index (χ3v) is 3.22. The predicted molar refractivity (Wildman–Crippen MR) is 72.7 cm³/mol. The number of H-pyrrole nitrogens is 1. The number of ether oxygens (including phenoxy) is 2. The molecule has 0 aliphatic carbocycles. The predicted octanol–water partition coefficient (Wildman–Crippen LogP) is 2.32. The Bertz CT molecular complexity index is 554. The van der Waals surface area contributed by atoms with Crippen molar-refractivity contribution in [2.75, 3.05) is 14.2 Å². The normalized spacial score (nSPS) is 10.4. The molecule has 1 aromatic heterocycles. The fourth-order valence-corrected chi connectivity index (χ4v) is 2.15. The topological polar surface area (TPSA) is 73.2 Å². The van der Waals surface area contributed by atoms with Crippen molar-refractivity contribution >= 4 is 15.9 Å². The second-order valence-corrected chi connectivity index (χ2v) is 4.52. The van der Waals surface area contributed by atoms with E-state index in [1.807, 2.05) is 18.2 Å². The fraction of sp³-hybridized carbons (Fsp3) is 0.250. The maximum absolute atomic E-state index is 5.56. The van der Waals surface area contributed by atoms with Gasteiger partial charge in [-0.3, -0.25) is 5.10 Å². The SMILES string of the molecule is COc1cc(-c2cc(CN)[nH]n2)c(OC)cc1Br. The van der Waals surface area contributed by atoms with Crippen molar-refractivity contribution in [3.05, 3.63) is 28.4 Å². The van der Waals surface area contributed by atoms with Gasteiger partial charge in [-0.1, -0.05) is 0 Å². The highest BCUT2D eigenvalue weighted by Gasteiger charge is 2.13. The van der Waals surface area contributed by atoms with Crippen molar-refractivity contribution in [1.29, 1.82) is 0 Å². The van der Waals surface area contributed by atoms with Gasteiger partial charge in [-0.15, -0.1) is 0 Å². The summed E-state index contributed by atoms with van der Waals surface area (Å²) in [6.07, 6.45) is 0. The van der Waals surface area contributed by atoms with Crippen molar-refractivity contribution < 1.29 is 9.47 Å². The summed E-state index contributed by atoms with van der Waals surface area (Å²) >= 11 is 3.42. The van der Waals surface area contributed by atoms with Crippen molar-refractivity contribution in [3.63, 3.8) is 0 Å². The molecule has 1 heterocycles. The van der Waals surface area contributed by atoms with Crippen molar-refractivity contribution in [2.45, 2.75) is 6.54 Å². The highest BCUT2D eigenvalue weighted by Crippen LogP contribution is 2.37. The van der Waals surface area contributed by atoms with Crippen LogP contribution in [0.1, 0.15) is 5.69 Å². The van der Waals surface area contributed by atoms with Crippen LogP contribution in [0.25, 0.3) is 11.3 Å². The molecular weight excluding hydrogens is 298 g/mol. The lowest BCUT2D eigenvalue weighted by molar-refractivity contribution is 0.402. The van der Waals surface area contributed by atoms with Crippen molar-refractivity contribution in [3.8, 4) is 22.8 Å². The van der Waals surface area contributed by atoms with Gasteiger partial charge in [0.25, 0.3) is 0 Å². The molecule has 0 amide bonds.